The monoisotopic (exact) mass is 288 g/mol. The Morgan fingerprint density at radius 1 is 0.905 bits per heavy atom. The Balaban J connectivity index is 1.64. The fraction of sp³-hybridized carbons (Fsp3) is 0.950. The molecule has 0 aromatic carbocycles. The molecular weight excluding hydrogens is 256 g/mol. The fourth-order valence-corrected chi connectivity index (χ4v) is 7.31. The minimum Gasteiger partial charge on any atom is -0.300 e. The third-order valence-corrected chi connectivity index (χ3v) is 8.96. The maximum Gasteiger partial charge on any atom is 0.133 e. The molecule has 0 saturated heterocycles. The van der Waals surface area contributed by atoms with Crippen LogP contribution in [0.4, 0.5) is 0 Å². The van der Waals surface area contributed by atoms with Gasteiger partial charge in [0, 0.05) is 12.8 Å². The molecule has 0 bridgehead atoms. The molecule has 0 heterocycles. The molecule has 4 fully saturated rings. The van der Waals surface area contributed by atoms with Gasteiger partial charge in [0.25, 0.3) is 0 Å². The molecule has 1 nitrogen and oxygen atoms in total. The Bertz CT molecular complexity index is 455. The van der Waals surface area contributed by atoms with E-state index in [0.29, 0.717) is 22.5 Å². The van der Waals surface area contributed by atoms with Crippen LogP contribution in [0.5, 0.6) is 0 Å². The van der Waals surface area contributed by atoms with Crippen molar-refractivity contribution in [1.82, 2.24) is 0 Å². The molecule has 4 aliphatic rings. The van der Waals surface area contributed by atoms with Gasteiger partial charge in [0.15, 0.2) is 0 Å². The number of rotatable bonds is 0. The number of Topliss-reactive ketones (excluding diaryl/α,β-unsaturated/α-hetero) is 1. The third-order valence-electron chi connectivity index (χ3n) is 8.96. The molecule has 0 aromatic heterocycles. The van der Waals surface area contributed by atoms with Crippen LogP contribution in [0.15, 0.2) is 0 Å². The van der Waals surface area contributed by atoms with Crippen molar-refractivity contribution in [3.8, 4) is 0 Å². The van der Waals surface area contributed by atoms with E-state index in [-0.39, 0.29) is 0 Å². The van der Waals surface area contributed by atoms with Gasteiger partial charge in [-0.2, -0.15) is 0 Å². The van der Waals surface area contributed by atoms with Crippen LogP contribution in [0.3, 0.4) is 0 Å². The van der Waals surface area contributed by atoms with E-state index in [1.165, 1.54) is 44.9 Å². The number of carbonyl (C=O) groups excluding carboxylic acids is 1. The molecule has 0 N–H and O–H groups in total. The molecule has 0 aliphatic heterocycles. The molecular formula is C20H32O. The summed E-state index contributed by atoms with van der Waals surface area (Å²) in [6, 6.07) is 0. The van der Waals surface area contributed by atoms with Crippen LogP contribution in [0.2, 0.25) is 0 Å². The van der Waals surface area contributed by atoms with E-state index >= 15 is 0 Å². The van der Waals surface area contributed by atoms with Gasteiger partial charge in [-0.15, -0.1) is 0 Å². The van der Waals surface area contributed by atoms with Gasteiger partial charge in [0.05, 0.1) is 0 Å². The lowest BCUT2D eigenvalue weighted by molar-refractivity contribution is -0.139. The highest BCUT2D eigenvalue weighted by Gasteiger charge is 2.59. The predicted octanol–water partition coefficient (Wildman–Crippen LogP) is 5.23. The molecule has 21 heavy (non-hydrogen) atoms. The second-order valence-electron chi connectivity index (χ2n) is 9.42. The first-order chi connectivity index (χ1) is 9.95. The zero-order chi connectivity index (χ0) is 14.8. The minimum atomic E-state index is 0.490. The Hall–Kier alpha value is -0.330. The van der Waals surface area contributed by atoms with E-state index < -0.39 is 0 Å². The summed E-state index contributed by atoms with van der Waals surface area (Å²) in [6.07, 6.45) is 11.6. The zero-order valence-corrected chi connectivity index (χ0v) is 14.2. The summed E-state index contributed by atoms with van der Waals surface area (Å²) >= 11 is 0. The largest absolute Gasteiger partial charge is 0.300 e. The van der Waals surface area contributed by atoms with Crippen molar-refractivity contribution in [2.75, 3.05) is 0 Å². The maximum absolute atomic E-state index is 11.9. The summed E-state index contributed by atoms with van der Waals surface area (Å²) < 4.78 is 0. The van der Waals surface area contributed by atoms with Crippen LogP contribution in [-0.2, 0) is 4.79 Å². The van der Waals surface area contributed by atoms with E-state index in [4.69, 9.17) is 0 Å². The van der Waals surface area contributed by atoms with E-state index in [2.05, 4.69) is 20.8 Å². The van der Waals surface area contributed by atoms with Crippen LogP contribution < -0.4 is 0 Å². The molecule has 4 unspecified atom stereocenters. The first-order valence-corrected chi connectivity index (χ1v) is 9.47. The van der Waals surface area contributed by atoms with E-state index in [9.17, 15) is 4.79 Å². The first-order valence-electron chi connectivity index (χ1n) is 9.47. The van der Waals surface area contributed by atoms with Gasteiger partial charge in [-0.3, -0.25) is 4.79 Å². The second-order valence-corrected chi connectivity index (χ2v) is 9.42. The molecule has 4 saturated carbocycles. The average Bonchev–Trinajstić information content (AvgIpc) is 2.76. The number of hydrogen-bond donors (Lipinski definition) is 0. The van der Waals surface area contributed by atoms with Gasteiger partial charge in [0.2, 0.25) is 0 Å². The average molecular weight is 288 g/mol. The standard InChI is InChI=1S/C20H32O/c1-13-4-7-17-16-6-5-14-12-15(21)8-10-20(14,3)18(16)9-11-19(13,17)2/h13-14,16-18H,4-12H2,1-3H3/t13-,14?,16?,17?,18?,19+,20-/m0/s1. The van der Waals surface area contributed by atoms with Crippen molar-refractivity contribution in [2.24, 2.45) is 40.4 Å². The second kappa shape index (κ2) is 4.59. The van der Waals surface area contributed by atoms with Gasteiger partial charge >= 0.3 is 0 Å². The van der Waals surface area contributed by atoms with E-state index in [0.717, 1.165) is 36.5 Å². The summed E-state index contributed by atoms with van der Waals surface area (Å²) in [5, 5.41) is 0. The molecule has 0 aromatic rings. The lowest BCUT2D eigenvalue weighted by Crippen LogP contribution is -2.53. The van der Waals surface area contributed by atoms with Crippen LogP contribution in [0.1, 0.15) is 78.6 Å². The number of hydrogen-bond acceptors (Lipinski definition) is 1. The normalized spacial score (nSPS) is 56.5. The van der Waals surface area contributed by atoms with Crippen LogP contribution in [-0.4, -0.2) is 5.78 Å². The highest BCUT2D eigenvalue weighted by molar-refractivity contribution is 5.79. The molecule has 4 aliphatic carbocycles. The highest BCUT2D eigenvalue weighted by Crippen LogP contribution is 2.67. The van der Waals surface area contributed by atoms with Crippen LogP contribution in [0.25, 0.3) is 0 Å². The van der Waals surface area contributed by atoms with Gasteiger partial charge in [-0.25, -0.2) is 0 Å². The first kappa shape index (κ1) is 14.3. The summed E-state index contributed by atoms with van der Waals surface area (Å²) in [4.78, 5) is 11.9. The lowest BCUT2D eigenvalue weighted by atomic mass is 9.45. The minimum absolute atomic E-state index is 0.490. The Kier molecular flexibility index (Phi) is 3.12. The van der Waals surface area contributed by atoms with Crippen molar-refractivity contribution in [3.63, 3.8) is 0 Å². The number of fused-ring (bicyclic) bond motifs is 5. The van der Waals surface area contributed by atoms with Crippen molar-refractivity contribution < 1.29 is 4.79 Å². The Morgan fingerprint density at radius 2 is 1.67 bits per heavy atom. The van der Waals surface area contributed by atoms with Crippen LogP contribution in [0, 0.1) is 40.4 Å². The summed E-state index contributed by atoms with van der Waals surface area (Å²) in [5.41, 5.74) is 1.12. The number of ketones is 1. The van der Waals surface area contributed by atoms with Crippen molar-refractivity contribution in [3.05, 3.63) is 0 Å². The van der Waals surface area contributed by atoms with Crippen LogP contribution >= 0.6 is 0 Å². The van der Waals surface area contributed by atoms with Crippen molar-refractivity contribution in [2.45, 2.75) is 78.6 Å². The molecule has 118 valence electrons. The van der Waals surface area contributed by atoms with Crippen molar-refractivity contribution in [1.29, 1.82) is 0 Å². The highest BCUT2D eigenvalue weighted by atomic mass is 16.1. The van der Waals surface area contributed by atoms with Gasteiger partial charge in [0.1, 0.15) is 5.78 Å². The van der Waals surface area contributed by atoms with Gasteiger partial charge in [-0.1, -0.05) is 20.8 Å². The third kappa shape index (κ3) is 1.85. The molecule has 7 atom stereocenters. The number of carbonyl (C=O) groups is 1. The fourth-order valence-electron chi connectivity index (χ4n) is 7.31. The lowest BCUT2D eigenvalue weighted by Gasteiger charge is -2.60. The summed E-state index contributed by atoms with van der Waals surface area (Å²) in [6.45, 7) is 7.67. The maximum atomic E-state index is 11.9. The topological polar surface area (TPSA) is 17.1 Å². The predicted molar refractivity (Wildman–Crippen MR) is 85.9 cm³/mol. The molecule has 4 rings (SSSR count). The van der Waals surface area contributed by atoms with E-state index in [1.54, 1.807) is 0 Å². The zero-order valence-electron chi connectivity index (χ0n) is 14.2. The summed E-state index contributed by atoms with van der Waals surface area (Å²) in [7, 11) is 0. The molecule has 1 heteroatoms. The van der Waals surface area contributed by atoms with Gasteiger partial charge in [-0.05, 0) is 85.4 Å². The summed E-state index contributed by atoms with van der Waals surface area (Å²) in [5.74, 6) is 5.08. The quantitative estimate of drug-likeness (QED) is 0.596. The van der Waals surface area contributed by atoms with E-state index in [1.807, 2.05) is 0 Å². The SMILES string of the molecule is C[C@H]1CCC2C3CCC4CC(=O)CC[C@]4(C)C3CC[C@@]21C. The smallest absolute Gasteiger partial charge is 0.133 e. The Labute approximate surface area is 130 Å². The van der Waals surface area contributed by atoms with Gasteiger partial charge < -0.3 is 0 Å². The van der Waals surface area contributed by atoms with Crippen molar-refractivity contribution >= 4 is 5.78 Å². The molecule has 0 radical (unpaired) electrons. The Morgan fingerprint density at radius 3 is 2.48 bits per heavy atom. The molecule has 0 spiro atoms. The molecule has 0 amide bonds.